The lowest BCUT2D eigenvalue weighted by Gasteiger charge is -2.33. The topological polar surface area (TPSA) is 7.65 Å². The fourth-order valence-corrected chi connectivity index (χ4v) is 9.40. The number of para-hydroxylation sites is 2. The van der Waals surface area contributed by atoms with Crippen molar-refractivity contribution in [2.24, 2.45) is 0 Å². The highest BCUT2D eigenvalue weighted by atomic mass is 15.2. The van der Waals surface area contributed by atoms with E-state index in [1.165, 1.54) is 94.0 Å². The van der Waals surface area contributed by atoms with Crippen LogP contribution in [0.15, 0.2) is 182 Å². The Labute approximate surface area is 309 Å². The second-order valence-corrected chi connectivity index (χ2v) is 14.9. The van der Waals surface area contributed by atoms with E-state index in [1.54, 1.807) is 0 Å². The zero-order valence-corrected chi connectivity index (χ0v) is 29.7. The summed E-state index contributed by atoms with van der Waals surface area (Å²) in [5, 5.41) is 5.12. The van der Waals surface area contributed by atoms with E-state index in [-0.39, 0.29) is 5.41 Å². The minimum absolute atomic E-state index is 0.209. The Balaban J connectivity index is 1.28. The van der Waals surface area contributed by atoms with Crippen molar-refractivity contribution < 1.29 is 0 Å². The summed E-state index contributed by atoms with van der Waals surface area (Å²) in [6, 6.07) is 67.1. The van der Waals surface area contributed by atoms with Crippen LogP contribution in [0.2, 0.25) is 0 Å². The molecule has 8 aromatic carbocycles. The monoisotopic (exact) mass is 676 g/mol. The molecule has 11 rings (SSSR count). The molecular weight excluding hydrogens is 641 g/mol. The normalized spacial score (nSPS) is 13.2. The third kappa shape index (κ3) is 4.27. The number of anilines is 3. The lowest BCUT2D eigenvalue weighted by Crippen LogP contribution is -2.21. The number of benzene rings is 8. The molecule has 2 heterocycles. The minimum atomic E-state index is -0.209. The van der Waals surface area contributed by atoms with Crippen LogP contribution < -0.4 is 4.90 Å². The Bertz CT molecular complexity index is 2970. The largest absolute Gasteiger partial charge is 0.309 e. The first kappa shape index (κ1) is 30.0. The maximum Gasteiger partial charge on any atom is 0.0621 e. The third-order valence-electron chi connectivity index (χ3n) is 11.7. The predicted octanol–water partition coefficient (Wildman–Crippen LogP) is 13.9. The quantitative estimate of drug-likeness (QED) is 0.176. The lowest BCUT2D eigenvalue weighted by molar-refractivity contribution is 0.661. The molecule has 0 radical (unpaired) electrons. The number of hydrogen-bond acceptors (Lipinski definition) is 1. The fourth-order valence-electron chi connectivity index (χ4n) is 9.40. The Hall–Kier alpha value is -6.64. The Morgan fingerprint density at radius 3 is 1.77 bits per heavy atom. The van der Waals surface area contributed by atoms with Crippen molar-refractivity contribution >= 4 is 55.2 Å². The lowest BCUT2D eigenvalue weighted by atomic mass is 9.81. The standard InChI is InChI=1S/C51H36N2/c1-51(2)43-25-11-9-20-38(43)40-22-14-29-47(49(40)51)52(37-31-35(33-16-5-3-6-17-33)30-36(32-37)34-18-7-4-8-19-34)45-27-15-28-46-48(45)42-24-13-23-41-39-21-10-12-26-44(39)53(46)50(41)42/h3-32H,1-2H3. The zero-order chi connectivity index (χ0) is 35.3. The molecule has 2 aromatic heterocycles. The van der Waals surface area contributed by atoms with Gasteiger partial charge in [-0.3, -0.25) is 0 Å². The molecule has 0 fully saturated rings. The van der Waals surface area contributed by atoms with E-state index in [0.29, 0.717) is 0 Å². The van der Waals surface area contributed by atoms with Gasteiger partial charge < -0.3 is 9.30 Å². The van der Waals surface area contributed by atoms with Crippen LogP contribution in [0.5, 0.6) is 0 Å². The molecule has 250 valence electrons. The highest BCUT2D eigenvalue weighted by Crippen LogP contribution is 2.56. The first-order valence-electron chi connectivity index (χ1n) is 18.5. The number of nitrogens with zero attached hydrogens (tertiary/aromatic N) is 2. The van der Waals surface area contributed by atoms with Gasteiger partial charge in [0.15, 0.2) is 0 Å². The highest BCUT2D eigenvalue weighted by Gasteiger charge is 2.39. The summed E-state index contributed by atoms with van der Waals surface area (Å²) >= 11 is 0. The van der Waals surface area contributed by atoms with Crippen molar-refractivity contribution in [3.63, 3.8) is 0 Å². The molecule has 2 nitrogen and oxygen atoms in total. The maximum absolute atomic E-state index is 2.57. The van der Waals surface area contributed by atoms with Gasteiger partial charge in [-0.2, -0.15) is 0 Å². The van der Waals surface area contributed by atoms with Gasteiger partial charge in [0.1, 0.15) is 0 Å². The molecule has 0 amide bonds. The van der Waals surface area contributed by atoms with Crippen molar-refractivity contribution in [2.45, 2.75) is 19.3 Å². The van der Waals surface area contributed by atoms with Gasteiger partial charge in [-0.05, 0) is 87.0 Å². The van der Waals surface area contributed by atoms with E-state index in [0.717, 1.165) is 5.69 Å². The Morgan fingerprint density at radius 2 is 1.00 bits per heavy atom. The predicted molar refractivity (Wildman–Crippen MR) is 224 cm³/mol. The molecule has 0 N–H and O–H groups in total. The first-order chi connectivity index (χ1) is 26.1. The van der Waals surface area contributed by atoms with Gasteiger partial charge in [-0.25, -0.2) is 0 Å². The molecule has 0 aliphatic heterocycles. The van der Waals surface area contributed by atoms with Crippen LogP contribution >= 0.6 is 0 Å². The first-order valence-corrected chi connectivity index (χ1v) is 18.5. The van der Waals surface area contributed by atoms with Crippen LogP contribution in [0.25, 0.3) is 71.5 Å². The summed E-state index contributed by atoms with van der Waals surface area (Å²) in [5.74, 6) is 0. The van der Waals surface area contributed by atoms with Gasteiger partial charge in [0.05, 0.1) is 27.9 Å². The van der Waals surface area contributed by atoms with E-state index in [9.17, 15) is 0 Å². The van der Waals surface area contributed by atoms with Crippen molar-refractivity contribution in [3.8, 4) is 33.4 Å². The molecule has 10 aromatic rings. The van der Waals surface area contributed by atoms with Crippen LogP contribution in [0, 0.1) is 0 Å². The average Bonchev–Trinajstić information content (AvgIpc) is 3.82. The molecule has 0 saturated carbocycles. The second kappa shape index (κ2) is 11.2. The van der Waals surface area contributed by atoms with E-state index < -0.39 is 0 Å². The SMILES string of the molecule is CC1(C)c2ccccc2-c2cccc(N(c3cc(-c4ccccc4)cc(-c4ccccc4)c3)c3cccc4c3c3cccc5c6ccccc6n4c53)c21. The maximum atomic E-state index is 2.57. The van der Waals surface area contributed by atoms with Gasteiger partial charge in [0.2, 0.25) is 0 Å². The molecular formula is C51H36N2. The minimum Gasteiger partial charge on any atom is -0.309 e. The number of rotatable bonds is 5. The molecule has 1 aliphatic rings. The fraction of sp³-hybridized carbons (Fsp3) is 0.0588. The van der Waals surface area contributed by atoms with Crippen molar-refractivity contribution in [3.05, 3.63) is 193 Å². The molecule has 1 aliphatic carbocycles. The van der Waals surface area contributed by atoms with Crippen LogP contribution in [-0.4, -0.2) is 4.40 Å². The van der Waals surface area contributed by atoms with E-state index in [4.69, 9.17) is 0 Å². The van der Waals surface area contributed by atoms with Gasteiger partial charge in [-0.1, -0.05) is 153 Å². The summed E-state index contributed by atoms with van der Waals surface area (Å²) in [4.78, 5) is 2.57. The van der Waals surface area contributed by atoms with Crippen molar-refractivity contribution in [1.82, 2.24) is 4.40 Å². The molecule has 0 spiro atoms. The van der Waals surface area contributed by atoms with Crippen molar-refractivity contribution in [1.29, 1.82) is 0 Å². The highest BCUT2D eigenvalue weighted by molar-refractivity contribution is 6.26. The smallest absolute Gasteiger partial charge is 0.0621 e. The molecule has 0 bridgehead atoms. The Morgan fingerprint density at radius 1 is 0.434 bits per heavy atom. The number of fused-ring (bicyclic) bond motifs is 9. The number of hydrogen-bond donors (Lipinski definition) is 0. The molecule has 0 unspecified atom stereocenters. The Kier molecular flexibility index (Phi) is 6.33. The third-order valence-corrected chi connectivity index (χ3v) is 11.7. The van der Waals surface area contributed by atoms with Gasteiger partial charge in [0, 0.05) is 32.6 Å². The second-order valence-electron chi connectivity index (χ2n) is 14.9. The summed E-state index contributed by atoms with van der Waals surface area (Å²) in [5.41, 5.74) is 17.2. The molecule has 53 heavy (non-hydrogen) atoms. The molecule has 0 atom stereocenters. The van der Waals surface area contributed by atoms with E-state index in [2.05, 4.69) is 205 Å². The average molecular weight is 677 g/mol. The summed E-state index contributed by atoms with van der Waals surface area (Å²) in [6.45, 7) is 4.78. The van der Waals surface area contributed by atoms with Crippen molar-refractivity contribution in [2.75, 3.05) is 4.90 Å². The zero-order valence-electron chi connectivity index (χ0n) is 29.7. The summed E-state index contributed by atoms with van der Waals surface area (Å²) < 4.78 is 2.49. The van der Waals surface area contributed by atoms with Gasteiger partial charge >= 0.3 is 0 Å². The number of aromatic nitrogens is 1. The van der Waals surface area contributed by atoms with E-state index >= 15 is 0 Å². The van der Waals surface area contributed by atoms with E-state index in [1.807, 2.05) is 0 Å². The van der Waals surface area contributed by atoms with Gasteiger partial charge in [0.25, 0.3) is 0 Å². The van der Waals surface area contributed by atoms with Crippen LogP contribution in [0.3, 0.4) is 0 Å². The van der Waals surface area contributed by atoms with Crippen LogP contribution in [0.1, 0.15) is 25.0 Å². The summed E-state index contributed by atoms with van der Waals surface area (Å²) in [7, 11) is 0. The van der Waals surface area contributed by atoms with Crippen LogP contribution in [-0.2, 0) is 5.41 Å². The summed E-state index contributed by atoms with van der Waals surface area (Å²) in [6.07, 6.45) is 0. The molecule has 0 saturated heterocycles. The van der Waals surface area contributed by atoms with Gasteiger partial charge in [-0.15, -0.1) is 0 Å². The molecule has 2 heteroatoms. The van der Waals surface area contributed by atoms with Crippen LogP contribution in [0.4, 0.5) is 17.1 Å².